The first kappa shape index (κ1) is 29.8. The van der Waals surface area contributed by atoms with Crippen LogP contribution in [0.5, 0.6) is 5.75 Å². The Morgan fingerprint density at radius 2 is 1.48 bits per heavy atom. The zero-order chi connectivity index (χ0) is 25.4. The van der Waals surface area contributed by atoms with Crippen molar-refractivity contribution in [2.45, 2.75) is 58.2 Å². The van der Waals surface area contributed by atoms with E-state index in [1.54, 1.807) is 12.1 Å². The molecule has 0 spiro atoms. The normalized spacial score (nSPS) is 13.0. The Hall–Kier alpha value is -3.23. The van der Waals surface area contributed by atoms with E-state index < -0.39 is 29.4 Å². The molecule has 9 heteroatoms. The minimum absolute atomic E-state index is 0.418. The van der Waals surface area contributed by atoms with E-state index in [1.807, 2.05) is 39.6 Å². The van der Waals surface area contributed by atoms with Crippen LogP contribution >= 0.6 is 0 Å². The van der Waals surface area contributed by atoms with Crippen LogP contribution < -0.4 is 10.1 Å². The van der Waals surface area contributed by atoms with Gasteiger partial charge in [0.1, 0.15) is 25.1 Å². The number of rotatable bonds is 4. The van der Waals surface area contributed by atoms with E-state index in [1.165, 1.54) is 24.8 Å². The van der Waals surface area contributed by atoms with Gasteiger partial charge in [0, 0.05) is 5.69 Å². The molecule has 33 heavy (non-hydrogen) atoms. The van der Waals surface area contributed by atoms with Crippen molar-refractivity contribution in [3.05, 3.63) is 59.4 Å². The molecule has 0 heterocycles. The summed E-state index contributed by atoms with van der Waals surface area (Å²) < 4.78 is 54.7. The summed E-state index contributed by atoms with van der Waals surface area (Å²) in [6, 6.07) is 9.51. The highest BCUT2D eigenvalue weighted by Gasteiger charge is 2.33. The van der Waals surface area contributed by atoms with Crippen molar-refractivity contribution in [2.75, 3.05) is 5.32 Å². The molecule has 1 aliphatic carbocycles. The highest BCUT2D eigenvalue weighted by Crippen LogP contribution is 2.33. The molecule has 1 aliphatic rings. The van der Waals surface area contributed by atoms with Gasteiger partial charge in [0.2, 0.25) is 0 Å². The van der Waals surface area contributed by atoms with Crippen molar-refractivity contribution in [1.29, 1.82) is 0 Å². The van der Waals surface area contributed by atoms with Crippen molar-refractivity contribution >= 4 is 25.2 Å². The first-order chi connectivity index (χ1) is 15.8. The Bertz CT molecular complexity index is 833. The van der Waals surface area contributed by atoms with E-state index in [0.29, 0.717) is 17.7 Å². The maximum atomic E-state index is 13.4. The van der Waals surface area contributed by atoms with Gasteiger partial charge >= 0.3 is 6.36 Å². The van der Waals surface area contributed by atoms with Crippen molar-refractivity contribution in [2.24, 2.45) is 0 Å². The van der Waals surface area contributed by atoms with E-state index >= 15 is 0 Å². The predicted molar refractivity (Wildman–Crippen MR) is 119 cm³/mol. The first-order valence-electron chi connectivity index (χ1n) is 10.4. The summed E-state index contributed by atoms with van der Waals surface area (Å²) in [5.74, 6) is -1.96. The third-order valence-corrected chi connectivity index (χ3v) is 4.66. The zero-order valence-corrected chi connectivity index (χ0v) is 18.7. The van der Waals surface area contributed by atoms with Crippen LogP contribution in [0.15, 0.2) is 42.5 Å². The average Bonchev–Trinajstić information content (AvgIpc) is 2.84. The SMILES string of the molecule is C=O.C=O.CC.O=C(Nc1ccc(C2CCCCC2)cc1)c1cc(F)ccc1OC(F)(F)F. The van der Waals surface area contributed by atoms with Crippen LogP contribution in [0.3, 0.4) is 0 Å². The number of ether oxygens (including phenoxy) is 1. The fraction of sp³-hybridized carbons (Fsp3) is 0.375. The maximum Gasteiger partial charge on any atom is 0.573 e. The van der Waals surface area contributed by atoms with E-state index in [9.17, 15) is 22.4 Å². The second-order valence-electron chi connectivity index (χ2n) is 6.60. The second kappa shape index (κ2) is 15.6. The van der Waals surface area contributed by atoms with Gasteiger partial charge in [-0.1, -0.05) is 45.2 Å². The lowest BCUT2D eigenvalue weighted by molar-refractivity contribution is -0.274. The fourth-order valence-corrected chi connectivity index (χ4v) is 3.37. The number of alkyl halides is 3. The van der Waals surface area contributed by atoms with E-state index in [2.05, 4.69) is 10.1 Å². The van der Waals surface area contributed by atoms with Crippen LogP contribution in [0.2, 0.25) is 0 Å². The van der Waals surface area contributed by atoms with Gasteiger partial charge in [-0.25, -0.2) is 4.39 Å². The summed E-state index contributed by atoms with van der Waals surface area (Å²) in [6.07, 6.45) is 0.935. The quantitative estimate of drug-likeness (QED) is 0.505. The van der Waals surface area contributed by atoms with Crippen LogP contribution in [0.4, 0.5) is 23.2 Å². The van der Waals surface area contributed by atoms with Crippen LogP contribution in [0.25, 0.3) is 0 Å². The van der Waals surface area contributed by atoms with Crippen molar-refractivity contribution in [3.8, 4) is 5.75 Å². The van der Waals surface area contributed by atoms with Gasteiger partial charge in [0.05, 0.1) is 5.56 Å². The van der Waals surface area contributed by atoms with Crippen LogP contribution in [0, 0.1) is 5.82 Å². The summed E-state index contributed by atoms with van der Waals surface area (Å²) in [7, 11) is 0. The van der Waals surface area contributed by atoms with Crippen LogP contribution in [-0.4, -0.2) is 25.8 Å². The van der Waals surface area contributed by atoms with Gasteiger partial charge in [0.25, 0.3) is 5.91 Å². The summed E-state index contributed by atoms with van der Waals surface area (Å²) in [5.41, 5.74) is 1.07. The predicted octanol–water partition coefficient (Wildman–Crippen LogP) is 6.68. The Morgan fingerprint density at radius 1 is 0.939 bits per heavy atom. The molecule has 0 bridgehead atoms. The van der Waals surface area contributed by atoms with Crippen molar-refractivity contribution < 1.29 is 36.7 Å². The molecule has 0 aromatic heterocycles. The van der Waals surface area contributed by atoms with Gasteiger partial charge in [-0.05, 0) is 54.7 Å². The molecule has 0 aliphatic heterocycles. The van der Waals surface area contributed by atoms with Gasteiger partial charge in [-0.3, -0.25) is 4.79 Å². The third kappa shape index (κ3) is 10.3. The Morgan fingerprint density at radius 3 is 2.00 bits per heavy atom. The second-order valence-corrected chi connectivity index (χ2v) is 6.60. The topological polar surface area (TPSA) is 72.5 Å². The number of nitrogens with one attached hydrogen (secondary N) is 1. The molecule has 3 rings (SSSR count). The molecule has 5 nitrogen and oxygen atoms in total. The summed E-state index contributed by atoms with van der Waals surface area (Å²) >= 11 is 0. The van der Waals surface area contributed by atoms with E-state index in [-0.39, 0.29) is 0 Å². The lowest BCUT2D eigenvalue weighted by atomic mass is 9.84. The lowest BCUT2D eigenvalue weighted by Gasteiger charge is -2.22. The number of amides is 1. The largest absolute Gasteiger partial charge is 0.573 e. The Labute approximate surface area is 191 Å². The van der Waals surface area contributed by atoms with Gasteiger partial charge < -0.3 is 19.6 Å². The molecule has 2 aromatic rings. The Balaban J connectivity index is 0.00000158. The molecule has 1 amide bonds. The molecule has 0 radical (unpaired) electrons. The number of benzene rings is 2. The van der Waals surface area contributed by atoms with Gasteiger partial charge in [0.15, 0.2) is 0 Å². The molecule has 1 saturated carbocycles. The summed E-state index contributed by atoms with van der Waals surface area (Å²) in [4.78, 5) is 28.3. The lowest BCUT2D eigenvalue weighted by Crippen LogP contribution is -2.21. The number of carbonyl (C=O) groups excluding carboxylic acids is 3. The molecule has 0 saturated heterocycles. The number of carbonyl (C=O) groups is 3. The van der Waals surface area contributed by atoms with E-state index in [0.717, 1.165) is 25.0 Å². The monoisotopic (exact) mass is 471 g/mol. The van der Waals surface area contributed by atoms with Gasteiger partial charge in [-0.2, -0.15) is 0 Å². The smallest absolute Gasteiger partial charge is 0.405 e. The van der Waals surface area contributed by atoms with Gasteiger partial charge in [-0.15, -0.1) is 13.2 Å². The number of anilines is 1. The highest BCUT2D eigenvalue weighted by molar-refractivity contribution is 6.06. The third-order valence-electron chi connectivity index (χ3n) is 4.66. The standard InChI is InChI=1S/C20H19F4NO2.C2H6.2CH2O/c21-15-8-11-18(27-20(22,23)24)17(12-15)19(26)25-16-9-6-14(7-10-16)13-4-2-1-3-5-13;3*1-2/h6-13H,1-5H2,(H,25,26);1-2H3;2*1H2. The highest BCUT2D eigenvalue weighted by atomic mass is 19.4. The number of hydrogen-bond donors (Lipinski definition) is 1. The minimum atomic E-state index is -4.98. The first-order valence-corrected chi connectivity index (χ1v) is 10.4. The molecule has 0 unspecified atom stereocenters. The van der Waals surface area contributed by atoms with Crippen molar-refractivity contribution in [1.82, 2.24) is 0 Å². The molecule has 1 fully saturated rings. The average molecular weight is 471 g/mol. The zero-order valence-electron chi connectivity index (χ0n) is 18.7. The molecular formula is C24H29F4NO4. The fourth-order valence-electron chi connectivity index (χ4n) is 3.37. The van der Waals surface area contributed by atoms with Crippen LogP contribution in [-0.2, 0) is 9.59 Å². The number of halogens is 4. The summed E-state index contributed by atoms with van der Waals surface area (Å²) in [5, 5.41) is 2.49. The van der Waals surface area contributed by atoms with Crippen molar-refractivity contribution in [3.63, 3.8) is 0 Å². The van der Waals surface area contributed by atoms with E-state index in [4.69, 9.17) is 9.59 Å². The van der Waals surface area contributed by atoms with Crippen LogP contribution in [0.1, 0.15) is 67.8 Å². The Kier molecular flexibility index (Phi) is 14.0. The number of hydrogen-bond acceptors (Lipinski definition) is 4. The minimum Gasteiger partial charge on any atom is -0.405 e. The molecule has 2 aromatic carbocycles. The molecule has 1 N–H and O–H groups in total. The maximum absolute atomic E-state index is 13.4. The molecule has 182 valence electrons. The molecule has 0 atom stereocenters. The summed E-state index contributed by atoms with van der Waals surface area (Å²) in [6.45, 7) is 8.00. The molecular weight excluding hydrogens is 442 g/mol.